The summed E-state index contributed by atoms with van der Waals surface area (Å²) in [6.45, 7) is 8.39. The zero-order chi connectivity index (χ0) is 16.4. The van der Waals surface area contributed by atoms with Crippen molar-refractivity contribution in [2.75, 3.05) is 13.2 Å². The first-order valence-electron chi connectivity index (χ1n) is 7.58. The van der Waals surface area contributed by atoms with Crippen LogP contribution in [0.1, 0.15) is 40.5 Å². The SMILES string of the molecule is CC1(C)CC2CO[C@@]3(COS(N)(=O)=O)CC(C)(C)O[C@H]3C2O1. The number of rotatable bonds is 3. The topological polar surface area (TPSA) is 97.1 Å². The summed E-state index contributed by atoms with van der Waals surface area (Å²) < 4.78 is 45.6. The van der Waals surface area contributed by atoms with Crippen LogP contribution in [0.25, 0.3) is 0 Å². The minimum atomic E-state index is -4.03. The normalized spacial score (nSPS) is 42.9. The minimum absolute atomic E-state index is 0.116. The summed E-state index contributed by atoms with van der Waals surface area (Å²) in [7, 11) is -4.03. The molecule has 0 aromatic carbocycles. The first-order chi connectivity index (χ1) is 9.92. The van der Waals surface area contributed by atoms with Crippen LogP contribution < -0.4 is 5.14 Å². The molecule has 0 saturated carbocycles. The van der Waals surface area contributed by atoms with Crippen molar-refractivity contribution in [2.45, 2.75) is 69.5 Å². The Bertz CT molecular complexity index is 560. The quantitative estimate of drug-likeness (QED) is 0.816. The van der Waals surface area contributed by atoms with Gasteiger partial charge in [-0.25, -0.2) is 5.14 Å². The second-order valence-electron chi connectivity index (χ2n) is 7.91. The molecule has 0 aromatic heterocycles. The smallest absolute Gasteiger partial charge is 0.333 e. The molecule has 3 saturated heterocycles. The Labute approximate surface area is 131 Å². The zero-order valence-corrected chi connectivity index (χ0v) is 14.3. The summed E-state index contributed by atoms with van der Waals surface area (Å²) in [5.74, 6) is 0.247. The second kappa shape index (κ2) is 4.87. The van der Waals surface area contributed by atoms with Crippen LogP contribution in [0.4, 0.5) is 0 Å². The van der Waals surface area contributed by atoms with Crippen LogP contribution in [0.3, 0.4) is 0 Å². The van der Waals surface area contributed by atoms with Crippen molar-refractivity contribution in [1.82, 2.24) is 0 Å². The van der Waals surface area contributed by atoms with Gasteiger partial charge in [0.15, 0.2) is 0 Å². The second-order valence-corrected chi connectivity index (χ2v) is 9.13. The largest absolute Gasteiger partial charge is 0.369 e. The molecular weight excluding hydrogens is 310 g/mol. The fraction of sp³-hybridized carbons (Fsp3) is 1.00. The predicted octanol–water partition coefficient (Wildman–Crippen LogP) is 0.727. The molecule has 3 rings (SSSR count). The van der Waals surface area contributed by atoms with Crippen molar-refractivity contribution >= 4 is 10.3 Å². The Kier molecular flexibility index (Phi) is 3.68. The molecule has 0 radical (unpaired) electrons. The van der Waals surface area contributed by atoms with Gasteiger partial charge in [-0.3, -0.25) is 4.18 Å². The number of nitrogens with two attached hydrogens (primary N) is 1. The minimum Gasteiger partial charge on any atom is -0.369 e. The zero-order valence-electron chi connectivity index (χ0n) is 13.5. The monoisotopic (exact) mass is 335 g/mol. The van der Waals surface area contributed by atoms with E-state index < -0.39 is 21.5 Å². The van der Waals surface area contributed by atoms with Crippen molar-refractivity contribution in [2.24, 2.45) is 11.1 Å². The van der Waals surface area contributed by atoms with Gasteiger partial charge in [0.05, 0.1) is 30.5 Å². The van der Waals surface area contributed by atoms with E-state index >= 15 is 0 Å². The summed E-state index contributed by atoms with van der Waals surface area (Å²) in [5.41, 5.74) is -1.50. The number of hydrogen-bond donors (Lipinski definition) is 1. The Morgan fingerprint density at radius 1 is 1.18 bits per heavy atom. The van der Waals surface area contributed by atoms with Crippen molar-refractivity contribution < 1.29 is 26.8 Å². The van der Waals surface area contributed by atoms with Crippen LogP contribution in [0.5, 0.6) is 0 Å². The van der Waals surface area contributed by atoms with E-state index in [1.807, 2.05) is 27.7 Å². The van der Waals surface area contributed by atoms with Crippen molar-refractivity contribution in [3.8, 4) is 0 Å². The fourth-order valence-corrected chi connectivity index (χ4v) is 4.53. The predicted molar refractivity (Wildman–Crippen MR) is 78.4 cm³/mol. The Morgan fingerprint density at radius 3 is 2.50 bits per heavy atom. The van der Waals surface area contributed by atoms with Crippen LogP contribution in [0, 0.1) is 5.92 Å². The Hall–Kier alpha value is -0.250. The van der Waals surface area contributed by atoms with Gasteiger partial charge in [-0.15, -0.1) is 0 Å². The van der Waals surface area contributed by atoms with Gasteiger partial charge in [-0.05, 0) is 34.1 Å². The Morgan fingerprint density at radius 2 is 1.86 bits per heavy atom. The fourth-order valence-electron chi connectivity index (χ4n) is 4.17. The van der Waals surface area contributed by atoms with E-state index in [2.05, 4.69) is 0 Å². The van der Waals surface area contributed by atoms with Gasteiger partial charge in [0.2, 0.25) is 0 Å². The van der Waals surface area contributed by atoms with E-state index in [4.69, 9.17) is 23.5 Å². The molecule has 3 aliphatic rings. The van der Waals surface area contributed by atoms with Crippen LogP contribution in [0.2, 0.25) is 0 Å². The van der Waals surface area contributed by atoms with Crippen molar-refractivity contribution in [1.29, 1.82) is 0 Å². The van der Waals surface area contributed by atoms with E-state index in [9.17, 15) is 8.42 Å². The van der Waals surface area contributed by atoms with Gasteiger partial charge >= 0.3 is 10.3 Å². The van der Waals surface area contributed by atoms with E-state index in [1.165, 1.54) is 0 Å². The first kappa shape index (κ1) is 16.6. The van der Waals surface area contributed by atoms with E-state index in [1.54, 1.807) is 0 Å². The highest BCUT2D eigenvalue weighted by molar-refractivity contribution is 7.84. The number of hydrogen-bond acceptors (Lipinski definition) is 6. The highest BCUT2D eigenvalue weighted by atomic mass is 32.2. The molecule has 0 aliphatic carbocycles. The third kappa shape index (κ3) is 3.05. The van der Waals surface area contributed by atoms with E-state index in [0.717, 1.165) is 6.42 Å². The molecule has 0 aromatic rings. The molecule has 3 fully saturated rings. The molecule has 128 valence electrons. The van der Waals surface area contributed by atoms with E-state index in [-0.39, 0.29) is 30.3 Å². The maximum atomic E-state index is 11.2. The highest BCUT2D eigenvalue weighted by Crippen LogP contribution is 2.51. The third-order valence-electron chi connectivity index (χ3n) is 4.71. The van der Waals surface area contributed by atoms with Crippen LogP contribution in [0.15, 0.2) is 0 Å². The van der Waals surface area contributed by atoms with Gasteiger partial charge in [-0.1, -0.05) is 0 Å². The molecule has 0 amide bonds. The summed E-state index contributed by atoms with van der Waals surface area (Å²) in [6, 6.07) is 0. The molecule has 2 N–H and O–H groups in total. The molecule has 22 heavy (non-hydrogen) atoms. The summed E-state index contributed by atoms with van der Waals surface area (Å²) in [5, 5.41) is 4.97. The van der Waals surface area contributed by atoms with Gasteiger partial charge in [-0.2, -0.15) is 8.42 Å². The van der Waals surface area contributed by atoms with Crippen LogP contribution in [-0.4, -0.2) is 50.6 Å². The molecule has 0 bridgehead atoms. The molecule has 3 heterocycles. The number of fused-ring (bicyclic) bond motifs is 3. The molecule has 3 aliphatic heterocycles. The average Bonchev–Trinajstić information content (AvgIpc) is 2.78. The van der Waals surface area contributed by atoms with Crippen molar-refractivity contribution in [3.63, 3.8) is 0 Å². The van der Waals surface area contributed by atoms with Crippen LogP contribution >= 0.6 is 0 Å². The summed E-state index contributed by atoms with van der Waals surface area (Å²) >= 11 is 0. The summed E-state index contributed by atoms with van der Waals surface area (Å²) in [4.78, 5) is 0. The molecule has 0 spiro atoms. The molecule has 7 nitrogen and oxygen atoms in total. The lowest BCUT2D eigenvalue weighted by Crippen LogP contribution is -2.58. The molecule has 8 heteroatoms. The lowest BCUT2D eigenvalue weighted by atomic mass is 9.80. The third-order valence-corrected chi connectivity index (χ3v) is 5.16. The summed E-state index contributed by atoms with van der Waals surface area (Å²) in [6.07, 6.45) is 0.955. The molecular formula is C14H25NO6S. The lowest BCUT2D eigenvalue weighted by molar-refractivity contribution is -0.214. The van der Waals surface area contributed by atoms with Crippen molar-refractivity contribution in [3.05, 3.63) is 0 Å². The van der Waals surface area contributed by atoms with Crippen LogP contribution in [-0.2, 0) is 28.7 Å². The average molecular weight is 335 g/mol. The molecule has 2 unspecified atom stereocenters. The lowest BCUT2D eigenvalue weighted by Gasteiger charge is -2.42. The Balaban J connectivity index is 1.87. The van der Waals surface area contributed by atoms with Gasteiger partial charge in [0, 0.05) is 12.3 Å². The van der Waals surface area contributed by atoms with Gasteiger partial charge in [0.1, 0.15) is 11.7 Å². The van der Waals surface area contributed by atoms with Gasteiger partial charge < -0.3 is 14.2 Å². The standard InChI is InChI=1S/C14H25NO6S/c1-12(2)5-9-6-18-14(8-19-22(15,16)17)7-13(3,4)21-11(14)10(9)20-12/h9-11H,5-8H2,1-4H3,(H2,15,16,17)/t9?,10?,11-,14+/m0/s1. The number of ether oxygens (including phenoxy) is 3. The van der Waals surface area contributed by atoms with E-state index in [0.29, 0.717) is 13.0 Å². The van der Waals surface area contributed by atoms with Gasteiger partial charge in [0.25, 0.3) is 0 Å². The maximum absolute atomic E-state index is 11.2. The maximum Gasteiger partial charge on any atom is 0.333 e. The highest BCUT2D eigenvalue weighted by Gasteiger charge is 2.63. The first-order valence-corrected chi connectivity index (χ1v) is 9.05. The molecule has 4 atom stereocenters.